The zero-order chi connectivity index (χ0) is 11.9. The number of nitrogens with one attached hydrogen (secondary N) is 1. The van der Waals surface area contributed by atoms with Crippen molar-refractivity contribution in [2.75, 3.05) is 6.54 Å². The van der Waals surface area contributed by atoms with E-state index in [1.54, 1.807) is 20.8 Å². The number of hydrogen-bond acceptors (Lipinski definition) is 3. The molecular weight excluding hydrogens is 198 g/mol. The van der Waals surface area contributed by atoms with Gasteiger partial charge in [0.25, 0.3) is 0 Å². The van der Waals surface area contributed by atoms with Gasteiger partial charge in [-0.2, -0.15) is 0 Å². The van der Waals surface area contributed by atoms with E-state index in [2.05, 4.69) is 5.32 Å². The summed E-state index contributed by atoms with van der Waals surface area (Å²) >= 11 is 0. The topological polar surface area (TPSA) is 86.6 Å². The van der Waals surface area contributed by atoms with Gasteiger partial charge in [-0.25, -0.2) is 0 Å². The van der Waals surface area contributed by atoms with E-state index < -0.39 is 28.8 Å². The fourth-order valence-electron chi connectivity index (χ4n) is 2.30. The first kappa shape index (κ1) is 12.0. The summed E-state index contributed by atoms with van der Waals surface area (Å²) in [6, 6.07) is 0. The third-order valence-corrected chi connectivity index (χ3v) is 3.97. The highest BCUT2D eigenvalue weighted by Crippen LogP contribution is 2.43. The van der Waals surface area contributed by atoms with Crippen molar-refractivity contribution < 1.29 is 19.8 Å². The lowest BCUT2D eigenvalue weighted by molar-refractivity contribution is -0.153. The molecule has 1 heterocycles. The SMILES string of the molecule is CC[C@]1(C(=O)O)CN[C@](C)(C(=O)O)[C@H]1C. The van der Waals surface area contributed by atoms with Crippen molar-refractivity contribution in [1.82, 2.24) is 5.32 Å². The maximum absolute atomic E-state index is 11.2. The van der Waals surface area contributed by atoms with Crippen LogP contribution in [0, 0.1) is 11.3 Å². The molecule has 1 aliphatic rings. The van der Waals surface area contributed by atoms with E-state index in [0.717, 1.165) is 0 Å². The molecule has 5 nitrogen and oxygen atoms in total. The van der Waals surface area contributed by atoms with Crippen molar-refractivity contribution in [2.24, 2.45) is 11.3 Å². The number of hydrogen-bond donors (Lipinski definition) is 3. The lowest BCUT2D eigenvalue weighted by atomic mass is 9.70. The first-order chi connectivity index (χ1) is 6.81. The summed E-state index contributed by atoms with van der Waals surface area (Å²) in [6.07, 6.45) is 0.430. The molecule has 3 atom stereocenters. The predicted octanol–water partition coefficient (Wildman–Crippen LogP) is 0.550. The molecule has 0 aliphatic carbocycles. The van der Waals surface area contributed by atoms with Gasteiger partial charge in [-0.3, -0.25) is 9.59 Å². The van der Waals surface area contributed by atoms with Crippen LogP contribution >= 0.6 is 0 Å². The van der Waals surface area contributed by atoms with Crippen LogP contribution < -0.4 is 5.32 Å². The molecule has 0 spiro atoms. The van der Waals surface area contributed by atoms with E-state index >= 15 is 0 Å². The van der Waals surface area contributed by atoms with Gasteiger partial charge in [0.05, 0.1) is 5.41 Å². The number of carbonyl (C=O) groups is 2. The molecular formula is C10H17NO4. The Morgan fingerprint density at radius 3 is 2.13 bits per heavy atom. The zero-order valence-electron chi connectivity index (χ0n) is 9.20. The van der Waals surface area contributed by atoms with Crippen LogP contribution in [-0.2, 0) is 9.59 Å². The largest absolute Gasteiger partial charge is 0.481 e. The van der Waals surface area contributed by atoms with Crippen LogP contribution in [0.4, 0.5) is 0 Å². The number of carboxylic acids is 2. The van der Waals surface area contributed by atoms with Crippen molar-refractivity contribution in [3.8, 4) is 0 Å². The third-order valence-electron chi connectivity index (χ3n) is 3.97. The Bertz CT molecular complexity index is 304. The fourth-order valence-corrected chi connectivity index (χ4v) is 2.30. The van der Waals surface area contributed by atoms with Gasteiger partial charge in [0.1, 0.15) is 5.54 Å². The van der Waals surface area contributed by atoms with Crippen molar-refractivity contribution in [2.45, 2.75) is 32.7 Å². The highest BCUT2D eigenvalue weighted by Gasteiger charge is 2.59. The normalized spacial score (nSPS) is 40.3. The lowest BCUT2D eigenvalue weighted by Crippen LogP contribution is -2.50. The van der Waals surface area contributed by atoms with Gasteiger partial charge in [-0.1, -0.05) is 13.8 Å². The minimum absolute atomic E-state index is 0.211. The van der Waals surface area contributed by atoms with Gasteiger partial charge in [-0.15, -0.1) is 0 Å². The first-order valence-electron chi connectivity index (χ1n) is 5.03. The van der Waals surface area contributed by atoms with Crippen LogP contribution in [0.3, 0.4) is 0 Å². The van der Waals surface area contributed by atoms with Gasteiger partial charge in [0.2, 0.25) is 0 Å². The van der Waals surface area contributed by atoms with Gasteiger partial charge < -0.3 is 15.5 Å². The van der Waals surface area contributed by atoms with Crippen LogP contribution in [0.1, 0.15) is 27.2 Å². The quantitative estimate of drug-likeness (QED) is 0.640. The van der Waals surface area contributed by atoms with E-state index in [-0.39, 0.29) is 6.54 Å². The molecule has 0 bridgehead atoms. The summed E-state index contributed by atoms with van der Waals surface area (Å²) in [6.45, 7) is 5.22. The van der Waals surface area contributed by atoms with E-state index in [9.17, 15) is 14.7 Å². The molecule has 1 fully saturated rings. The van der Waals surface area contributed by atoms with E-state index in [4.69, 9.17) is 5.11 Å². The molecule has 0 aromatic carbocycles. The average molecular weight is 215 g/mol. The second kappa shape index (κ2) is 3.48. The maximum atomic E-state index is 11.2. The monoisotopic (exact) mass is 215 g/mol. The maximum Gasteiger partial charge on any atom is 0.323 e. The molecule has 86 valence electrons. The lowest BCUT2D eigenvalue weighted by Gasteiger charge is -2.32. The predicted molar refractivity (Wildman–Crippen MR) is 53.6 cm³/mol. The van der Waals surface area contributed by atoms with Crippen LogP contribution in [0.5, 0.6) is 0 Å². The molecule has 0 aromatic rings. The van der Waals surface area contributed by atoms with Crippen LogP contribution in [0.25, 0.3) is 0 Å². The fraction of sp³-hybridized carbons (Fsp3) is 0.800. The van der Waals surface area contributed by atoms with Crippen molar-refractivity contribution in [1.29, 1.82) is 0 Å². The second-order valence-electron chi connectivity index (χ2n) is 4.40. The number of aliphatic carboxylic acids is 2. The molecule has 1 aliphatic heterocycles. The van der Waals surface area contributed by atoms with Crippen LogP contribution in [0.2, 0.25) is 0 Å². The minimum atomic E-state index is -1.14. The molecule has 0 amide bonds. The molecule has 0 aromatic heterocycles. The molecule has 0 radical (unpaired) electrons. The van der Waals surface area contributed by atoms with Crippen molar-refractivity contribution >= 4 is 11.9 Å². The molecule has 0 unspecified atom stereocenters. The summed E-state index contributed by atoms with van der Waals surface area (Å²) in [5, 5.41) is 21.1. The highest BCUT2D eigenvalue weighted by molar-refractivity contribution is 5.84. The van der Waals surface area contributed by atoms with E-state index in [0.29, 0.717) is 6.42 Å². The second-order valence-corrected chi connectivity index (χ2v) is 4.40. The summed E-state index contributed by atoms with van der Waals surface area (Å²) in [4.78, 5) is 22.3. The average Bonchev–Trinajstić information content (AvgIpc) is 2.43. The Morgan fingerprint density at radius 1 is 1.40 bits per heavy atom. The third kappa shape index (κ3) is 1.42. The number of carboxylic acid groups (broad SMARTS) is 2. The minimum Gasteiger partial charge on any atom is -0.481 e. The smallest absolute Gasteiger partial charge is 0.323 e. The Labute approximate surface area is 88.5 Å². The van der Waals surface area contributed by atoms with Crippen molar-refractivity contribution in [3.63, 3.8) is 0 Å². The van der Waals surface area contributed by atoms with Gasteiger partial charge in [0, 0.05) is 12.5 Å². The molecule has 0 saturated carbocycles. The van der Waals surface area contributed by atoms with Crippen LogP contribution in [0.15, 0.2) is 0 Å². The number of rotatable bonds is 3. The van der Waals surface area contributed by atoms with Crippen molar-refractivity contribution in [3.05, 3.63) is 0 Å². The summed E-state index contributed by atoms with van der Waals surface area (Å²) in [5.41, 5.74) is -2.11. The Balaban J connectivity index is 3.11. The van der Waals surface area contributed by atoms with Crippen LogP contribution in [-0.4, -0.2) is 34.2 Å². The molecule has 3 N–H and O–H groups in total. The first-order valence-corrected chi connectivity index (χ1v) is 5.03. The Hall–Kier alpha value is -1.10. The zero-order valence-corrected chi connectivity index (χ0v) is 9.20. The summed E-state index contributed by atoms with van der Waals surface area (Å²) in [5.74, 6) is -2.36. The molecule has 5 heteroatoms. The highest BCUT2D eigenvalue weighted by atomic mass is 16.4. The van der Waals surface area contributed by atoms with Gasteiger partial charge in [-0.05, 0) is 13.3 Å². The van der Waals surface area contributed by atoms with E-state index in [1.165, 1.54) is 0 Å². The summed E-state index contributed by atoms with van der Waals surface area (Å²) in [7, 11) is 0. The van der Waals surface area contributed by atoms with E-state index in [1.807, 2.05) is 0 Å². The van der Waals surface area contributed by atoms with Gasteiger partial charge >= 0.3 is 11.9 Å². The Kier molecular flexibility index (Phi) is 2.78. The van der Waals surface area contributed by atoms with Gasteiger partial charge in [0.15, 0.2) is 0 Å². The molecule has 1 rings (SSSR count). The molecule has 1 saturated heterocycles. The standard InChI is InChI=1S/C10H17NO4/c1-4-10(8(14)15)5-11-9(3,6(10)2)7(12)13/h6,11H,4-5H2,1-3H3,(H,12,13)(H,14,15)/t6-,9+,10+/m1/s1. The summed E-state index contributed by atoms with van der Waals surface area (Å²) < 4.78 is 0. The Morgan fingerprint density at radius 2 is 1.93 bits per heavy atom. The molecule has 15 heavy (non-hydrogen) atoms.